The van der Waals surface area contributed by atoms with Gasteiger partial charge >= 0.3 is 51.4 Å². The van der Waals surface area contributed by atoms with Crippen LogP contribution in [0.15, 0.2) is 0 Å². The van der Waals surface area contributed by atoms with E-state index >= 15 is 0 Å². The van der Waals surface area contributed by atoms with Crippen molar-refractivity contribution in [3.8, 4) is 0 Å². The zero-order valence-electron chi connectivity index (χ0n) is 4.15. The van der Waals surface area contributed by atoms with Gasteiger partial charge in [-0.2, -0.15) is 0 Å². The van der Waals surface area contributed by atoms with E-state index in [1.165, 1.54) is 0 Å². The van der Waals surface area contributed by atoms with Crippen LogP contribution in [0, 0.1) is 31.1 Å². The smallest absolute Gasteiger partial charge is 1.00 e. The second-order valence-electron chi connectivity index (χ2n) is 0. The summed E-state index contributed by atoms with van der Waals surface area (Å²) < 4.78 is 0. The molecule has 0 heterocycles. The molecule has 0 rings (SSSR count). The standard InChI is InChI=1S/7ClH.K.U/h7*1H;;/q;;;;;;;+1;/p-7. The Kier molecular flexibility index (Phi) is 869. The number of rotatable bonds is 0. The first-order valence-electron chi connectivity index (χ1n) is 0. The van der Waals surface area contributed by atoms with E-state index in [2.05, 4.69) is 0 Å². The third-order valence-electron chi connectivity index (χ3n) is 0. The summed E-state index contributed by atoms with van der Waals surface area (Å²) >= 11 is 0. The summed E-state index contributed by atoms with van der Waals surface area (Å²) in [6, 6.07) is 0. The Labute approximate surface area is 165 Å². The van der Waals surface area contributed by atoms with Crippen LogP contribution in [0.4, 0.5) is 0 Å². The maximum atomic E-state index is 0. The minimum absolute atomic E-state index is 0. The Morgan fingerprint density at radius 3 is 0.333 bits per heavy atom. The molecule has 9 heteroatoms. The van der Waals surface area contributed by atoms with E-state index in [1.54, 1.807) is 0 Å². The van der Waals surface area contributed by atoms with Crippen LogP contribution in [0.5, 0.6) is 0 Å². The van der Waals surface area contributed by atoms with Crippen molar-refractivity contribution < 1.29 is 169 Å². The van der Waals surface area contributed by atoms with Crippen molar-refractivity contribution in [1.29, 1.82) is 0 Å². The SMILES string of the molecule is [Cl-].[Cl-].[Cl-].[Cl-].[Cl-].[Cl-].[Cl-].[K+].[U]. The van der Waals surface area contributed by atoms with Gasteiger partial charge in [-0.25, -0.2) is 0 Å². The van der Waals surface area contributed by atoms with Crippen LogP contribution in [0.1, 0.15) is 0 Å². The van der Waals surface area contributed by atoms with E-state index in [0.717, 1.165) is 0 Å². The molecule has 0 spiro atoms. The Morgan fingerprint density at radius 1 is 0.333 bits per heavy atom. The van der Waals surface area contributed by atoms with E-state index in [9.17, 15) is 0 Å². The molecule has 0 fully saturated rings. The molecule has 0 aromatic rings. The summed E-state index contributed by atoms with van der Waals surface area (Å²) in [4.78, 5) is 0. The molecule has 0 aromatic heterocycles. The van der Waals surface area contributed by atoms with E-state index in [4.69, 9.17) is 0 Å². The Morgan fingerprint density at radius 2 is 0.333 bits per heavy atom. The maximum Gasteiger partial charge on any atom is 1.00 e. The molecule has 60 valence electrons. The maximum absolute atomic E-state index is 0. The summed E-state index contributed by atoms with van der Waals surface area (Å²) in [6.07, 6.45) is 0. The third-order valence-corrected chi connectivity index (χ3v) is 0. The van der Waals surface area contributed by atoms with Crippen LogP contribution >= 0.6 is 0 Å². The van der Waals surface area contributed by atoms with Crippen LogP contribution in [0.3, 0.4) is 0 Å². The largest absolute Gasteiger partial charge is 1.00 e. The molecule has 0 saturated carbocycles. The van der Waals surface area contributed by atoms with Gasteiger partial charge in [0.2, 0.25) is 0 Å². The average Bonchev–Trinajstić information content (AvgIpc) is 0. The van der Waals surface area contributed by atoms with Crippen LogP contribution < -0.4 is 138 Å². The predicted octanol–water partition coefficient (Wildman–Crippen LogP) is -24.0. The van der Waals surface area contributed by atoms with Gasteiger partial charge in [-0.1, -0.05) is 0 Å². The monoisotopic (exact) mass is 522 g/mol. The molecule has 0 N–H and O–H groups in total. The molecule has 0 aliphatic carbocycles. The predicted molar refractivity (Wildman–Crippen MR) is 0 cm³/mol. The minimum Gasteiger partial charge on any atom is -1.00 e. The van der Waals surface area contributed by atoms with Gasteiger partial charge < -0.3 is 86.8 Å². The van der Waals surface area contributed by atoms with Crippen LogP contribution in [-0.4, -0.2) is 0 Å². The molecular weight excluding hydrogens is 525 g/mol. The van der Waals surface area contributed by atoms with Gasteiger partial charge in [0.25, 0.3) is 0 Å². The molecule has 0 unspecified atom stereocenters. The first-order chi connectivity index (χ1) is 0. The van der Waals surface area contributed by atoms with E-state index in [0.29, 0.717) is 0 Å². The van der Waals surface area contributed by atoms with E-state index in [-0.39, 0.29) is 169 Å². The Hall–Kier alpha value is 4.72. The van der Waals surface area contributed by atoms with Crippen molar-refractivity contribution in [1.82, 2.24) is 0 Å². The van der Waals surface area contributed by atoms with Gasteiger partial charge in [0.15, 0.2) is 0 Å². The van der Waals surface area contributed by atoms with Gasteiger partial charge in [-0.3, -0.25) is 0 Å². The van der Waals surface area contributed by atoms with Crippen molar-refractivity contribution in [2.75, 3.05) is 0 Å². The fraction of sp³-hybridized carbons (Fsp3) is 0. The molecule has 0 aliphatic rings. The first kappa shape index (κ1) is 99.7. The Bertz CT molecular complexity index is 8.88. The van der Waals surface area contributed by atoms with Gasteiger partial charge in [0.1, 0.15) is 0 Å². The molecular formula is Cl7KU-6. The van der Waals surface area contributed by atoms with Gasteiger partial charge in [0, 0.05) is 31.1 Å². The molecule has 0 saturated heterocycles. The summed E-state index contributed by atoms with van der Waals surface area (Å²) in [5.41, 5.74) is 0. The second kappa shape index (κ2) is 78.4. The third kappa shape index (κ3) is 65.6. The molecule has 0 bridgehead atoms. The van der Waals surface area contributed by atoms with E-state index in [1.807, 2.05) is 0 Å². The topological polar surface area (TPSA) is 0 Å². The van der Waals surface area contributed by atoms with Crippen LogP contribution in [-0.2, 0) is 0 Å². The molecule has 0 amide bonds. The zero-order valence-corrected chi connectivity index (χ0v) is 16.7. The summed E-state index contributed by atoms with van der Waals surface area (Å²) in [6.45, 7) is 0. The number of hydrogen-bond acceptors (Lipinski definition) is 0. The van der Waals surface area contributed by atoms with Crippen molar-refractivity contribution in [3.63, 3.8) is 0 Å². The molecule has 0 aromatic carbocycles. The fourth-order valence-corrected chi connectivity index (χ4v) is 0. The van der Waals surface area contributed by atoms with Gasteiger partial charge in [-0.15, -0.1) is 0 Å². The molecule has 0 nitrogen and oxygen atoms in total. The summed E-state index contributed by atoms with van der Waals surface area (Å²) in [5.74, 6) is 0. The average molecular weight is 525 g/mol. The quantitative estimate of drug-likeness (QED) is 0.276. The minimum atomic E-state index is 0. The fourth-order valence-electron chi connectivity index (χ4n) is 0. The zero-order chi connectivity index (χ0) is 0. The number of halogens is 7. The summed E-state index contributed by atoms with van der Waals surface area (Å²) in [7, 11) is 0. The van der Waals surface area contributed by atoms with Crippen LogP contribution in [0.2, 0.25) is 0 Å². The number of hydrogen-bond donors (Lipinski definition) is 0. The van der Waals surface area contributed by atoms with Crippen molar-refractivity contribution in [2.24, 2.45) is 0 Å². The summed E-state index contributed by atoms with van der Waals surface area (Å²) in [5, 5.41) is 0. The van der Waals surface area contributed by atoms with Gasteiger partial charge in [-0.05, 0) is 0 Å². The normalized spacial score (nSPS) is 0. The van der Waals surface area contributed by atoms with Gasteiger partial charge in [0.05, 0.1) is 0 Å². The molecule has 0 atom stereocenters. The molecule has 9 heavy (non-hydrogen) atoms. The molecule has 0 radical (unpaired) electrons. The van der Waals surface area contributed by atoms with Crippen molar-refractivity contribution in [2.45, 2.75) is 0 Å². The van der Waals surface area contributed by atoms with Crippen LogP contribution in [0.25, 0.3) is 0 Å². The first-order valence-corrected chi connectivity index (χ1v) is 0. The Balaban J connectivity index is 0. The second-order valence-corrected chi connectivity index (χ2v) is 0. The van der Waals surface area contributed by atoms with Crippen molar-refractivity contribution in [3.05, 3.63) is 0 Å². The molecule has 0 aliphatic heterocycles. The van der Waals surface area contributed by atoms with E-state index < -0.39 is 0 Å². The van der Waals surface area contributed by atoms with Crippen molar-refractivity contribution >= 4 is 0 Å².